The molecule has 2 atom stereocenters. The molecule has 0 saturated heterocycles. The molecule has 0 aliphatic rings. The van der Waals surface area contributed by atoms with Gasteiger partial charge in [0.15, 0.2) is 0 Å². The molecular formula is C16H21NO3. The summed E-state index contributed by atoms with van der Waals surface area (Å²) >= 11 is 0. The Labute approximate surface area is 119 Å². The van der Waals surface area contributed by atoms with E-state index in [0.717, 1.165) is 5.56 Å². The summed E-state index contributed by atoms with van der Waals surface area (Å²) in [5.74, 6) is -1.57. The van der Waals surface area contributed by atoms with E-state index in [9.17, 15) is 9.59 Å². The van der Waals surface area contributed by atoms with Crippen LogP contribution in [0, 0.1) is 0 Å². The lowest BCUT2D eigenvalue weighted by atomic mass is 9.95. The minimum Gasteiger partial charge on any atom is -0.480 e. The molecule has 1 aromatic carbocycles. The molecule has 4 nitrogen and oxygen atoms in total. The summed E-state index contributed by atoms with van der Waals surface area (Å²) < 4.78 is 0. The van der Waals surface area contributed by atoms with Gasteiger partial charge in [-0.2, -0.15) is 0 Å². The van der Waals surface area contributed by atoms with E-state index in [4.69, 9.17) is 5.11 Å². The molecule has 1 rings (SSSR count). The van der Waals surface area contributed by atoms with Crippen molar-refractivity contribution in [1.29, 1.82) is 0 Å². The van der Waals surface area contributed by atoms with Crippen LogP contribution in [0.4, 0.5) is 0 Å². The van der Waals surface area contributed by atoms with Gasteiger partial charge in [-0.25, -0.2) is 4.79 Å². The van der Waals surface area contributed by atoms with E-state index in [0.29, 0.717) is 12.8 Å². The standard InChI is InChI=1S/C16H21NO3/c1-3-5-11-14(16(19)20)17-15(18)13(4-2)12-9-7-6-8-10-12/h3,5-10,13-14H,4,11H2,1-2H3,(H,17,18)(H,19,20)/b5-3+. The van der Waals surface area contributed by atoms with Crippen molar-refractivity contribution in [1.82, 2.24) is 5.32 Å². The van der Waals surface area contributed by atoms with Crippen molar-refractivity contribution in [3.8, 4) is 0 Å². The summed E-state index contributed by atoms with van der Waals surface area (Å²) in [5, 5.41) is 11.7. The molecule has 0 aromatic heterocycles. The molecule has 0 aliphatic heterocycles. The topological polar surface area (TPSA) is 66.4 Å². The number of carboxylic acids is 1. The third-order valence-corrected chi connectivity index (χ3v) is 3.15. The second-order valence-electron chi connectivity index (χ2n) is 4.58. The van der Waals surface area contributed by atoms with Crippen LogP contribution >= 0.6 is 0 Å². The predicted octanol–water partition coefficient (Wildman–Crippen LogP) is 2.72. The fraction of sp³-hybridized carbons (Fsp3) is 0.375. The van der Waals surface area contributed by atoms with E-state index in [1.54, 1.807) is 12.2 Å². The fourth-order valence-corrected chi connectivity index (χ4v) is 2.02. The highest BCUT2D eigenvalue weighted by atomic mass is 16.4. The highest BCUT2D eigenvalue weighted by molar-refractivity contribution is 5.88. The average molecular weight is 275 g/mol. The largest absolute Gasteiger partial charge is 0.480 e. The maximum atomic E-state index is 12.3. The number of carboxylic acid groups (broad SMARTS) is 1. The molecule has 0 radical (unpaired) electrons. The zero-order chi connectivity index (χ0) is 15.0. The zero-order valence-corrected chi connectivity index (χ0v) is 11.9. The minimum absolute atomic E-state index is 0.240. The summed E-state index contributed by atoms with van der Waals surface area (Å²) in [6, 6.07) is 8.53. The number of benzene rings is 1. The molecule has 4 heteroatoms. The number of carbonyl (C=O) groups excluding carboxylic acids is 1. The van der Waals surface area contributed by atoms with Crippen LogP contribution < -0.4 is 5.32 Å². The number of hydrogen-bond donors (Lipinski definition) is 2. The summed E-state index contributed by atoms with van der Waals surface area (Å²) in [6.07, 6.45) is 4.44. The maximum absolute atomic E-state index is 12.3. The van der Waals surface area contributed by atoms with Crippen LogP contribution in [0.1, 0.15) is 38.2 Å². The van der Waals surface area contributed by atoms with Crippen LogP contribution in [0.15, 0.2) is 42.5 Å². The van der Waals surface area contributed by atoms with Gasteiger partial charge in [-0.05, 0) is 25.3 Å². The Morgan fingerprint density at radius 2 is 1.95 bits per heavy atom. The quantitative estimate of drug-likeness (QED) is 0.752. The number of hydrogen-bond acceptors (Lipinski definition) is 2. The molecule has 2 N–H and O–H groups in total. The number of carbonyl (C=O) groups is 2. The van der Waals surface area contributed by atoms with Gasteiger partial charge in [-0.1, -0.05) is 49.4 Å². The second-order valence-corrected chi connectivity index (χ2v) is 4.58. The van der Waals surface area contributed by atoms with Gasteiger partial charge >= 0.3 is 5.97 Å². The summed E-state index contributed by atoms with van der Waals surface area (Å²) in [6.45, 7) is 3.73. The molecule has 0 bridgehead atoms. The first-order valence-corrected chi connectivity index (χ1v) is 6.79. The molecule has 0 fully saturated rings. The molecule has 2 unspecified atom stereocenters. The van der Waals surface area contributed by atoms with Crippen LogP contribution in [0.5, 0.6) is 0 Å². The molecule has 20 heavy (non-hydrogen) atoms. The molecule has 0 saturated carbocycles. The normalized spacial score (nSPS) is 13.9. The van der Waals surface area contributed by atoms with Crippen LogP contribution in [0.2, 0.25) is 0 Å². The van der Waals surface area contributed by atoms with Gasteiger partial charge in [0.25, 0.3) is 0 Å². The first-order valence-electron chi connectivity index (χ1n) is 6.79. The Hall–Kier alpha value is -2.10. The first-order chi connectivity index (χ1) is 9.60. The zero-order valence-electron chi connectivity index (χ0n) is 11.9. The lowest BCUT2D eigenvalue weighted by Gasteiger charge is -2.19. The number of aliphatic carboxylic acids is 1. The molecule has 1 aromatic rings. The third kappa shape index (κ3) is 4.53. The fourth-order valence-electron chi connectivity index (χ4n) is 2.02. The number of allylic oxidation sites excluding steroid dienone is 1. The highest BCUT2D eigenvalue weighted by Gasteiger charge is 2.24. The Kier molecular flexibility index (Phi) is 6.50. The number of nitrogens with one attached hydrogen (secondary N) is 1. The maximum Gasteiger partial charge on any atom is 0.326 e. The van der Waals surface area contributed by atoms with Gasteiger partial charge < -0.3 is 10.4 Å². The molecule has 108 valence electrons. The van der Waals surface area contributed by atoms with E-state index in [2.05, 4.69) is 5.32 Å². The van der Waals surface area contributed by atoms with Gasteiger partial charge in [0.2, 0.25) is 5.91 Å². The average Bonchev–Trinajstić information content (AvgIpc) is 2.45. The monoisotopic (exact) mass is 275 g/mol. The van der Waals surface area contributed by atoms with E-state index in [1.807, 2.05) is 44.2 Å². The van der Waals surface area contributed by atoms with Crippen molar-refractivity contribution in [2.45, 2.75) is 38.6 Å². The van der Waals surface area contributed by atoms with Crippen molar-refractivity contribution in [3.05, 3.63) is 48.0 Å². The molecule has 0 heterocycles. The van der Waals surface area contributed by atoms with Crippen molar-refractivity contribution in [2.24, 2.45) is 0 Å². The summed E-state index contributed by atoms with van der Waals surface area (Å²) in [5.41, 5.74) is 0.905. The Morgan fingerprint density at radius 1 is 1.30 bits per heavy atom. The summed E-state index contributed by atoms with van der Waals surface area (Å²) in [4.78, 5) is 23.4. The first kappa shape index (κ1) is 16.0. The van der Waals surface area contributed by atoms with Gasteiger partial charge in [0.1, 0.15) is 6.04 Å². The van der Waals surface area contributed by atoms with Crippen molar-refractivity contribution >= 4 is 11.9 Å². The van der Waals surface area contributed by atoms with E-state index in [1.165, 1.54) is 0 Å². The lowest BCUT2D eigenvalue weighted by molar-refractivity contribution is -0.141. The number of rotatable bonds is 7. The van der Waals surface area contributed by atoms with Gasteiger partial charge in [-0.15, -0.1) is 0 Å². The van der Waals surface area contributed by atoms with Gasteiger partial charge in [0.05, 0.1) is 5.92 Å². The highest BCUT2D eigenvalue weighted by Crippen LogP contribution is 2.19. The summed E-state index contributed by atoms with van der Waals surface area (Å²) in [7, 11) is 0. The van der Waals surface area contributed by atoms with Crippen LogP contribution in [-0.4, -0.2) is 23.0 Å². The molecular weight excluding hydrogens is 254 g/mol. The molecule has 0 aliphatic carbocycles. The Morgan fingerprint density at radius 3 is 2.45 bits per heavy atom. The third-order valence-electron chi connectivity index (χ3n) is 3.15. The predicted molar refractivity (Wildman–Crippen MR) is 78.5 cm³/mol. The van der Waals surface area contributed by atoms with Crippen LogP contribution in [0.3, 0.4) is 0 Å². The van der Waals surface area contributed by atoms with E-state index in [-0.39, 0.29) is 11.8 Å². The molecule has 0 spiro atoms. The Bertz CT molecular complexity index is 468. The second kappa shape index (κ2) is 8.15. The van der Waals surface area contributed by atoms with E-state index >= 15 is 0 Å². The smallest absolute Gasteiger partial charge is 0.326 e. The van der Waals surface area contributed by atoms with Crippen molar-refractivity contribution < 1.29 is 14.7 Å². The van der Waals surface area contributed by atoms with Gasteiger partial charge in [-0.3, -0.25) is 4.79 Å². The van der Waals surface area contributed by atoms with Gasteiger partial charge in [0, 0.05) is 0 Å². The molecule has 1 amide bonds. The van der Waals surface area contributed by atoms with E-state index < -0.39 is 12.0 Å². The van der Waals surface area contributed by atoms with Crippen LogP contribution in [0.25, 0.3) is 0 Å². The SMILES string of the molecule is C/C=C/CC(NC(=O)C(CC)c1ccccc1)C(=O)O. The van der Waals surface area contributed by atoms with Crippen molar-refractivity contribution in [3.63, 3.8) is 0 Å². The lowest BCUT2D eigenvalue weighted by Crippen LogP contribution is -2.42. The van der Waals surface area contributed by atoms with Crippen LogP contribution in [-0.2, 0) is 9.59 Å². The minimum atomic E-state index is -1.01. The van der Waals surface area contributed by atoms with Crippen molar-refractivity contribution in [2.75, 3.05) is 0 Å². The number of amides is 1. The Balaban J connectivity index is 2.78.